The number of ether oxygens (including phenoxy) is 1. The second-order valence-corrected chi connectivity index (χ2v) is 6.41. The van der Waals surface area contributed by atoms with E-state index >= 15 is 0 Å². The molecule has 0 radical (unpaired) electrons. The molecule has 0 saturated carbocycles. The fourth-order valence-corrected chi connectivity index (χ4v) is 2.84. The average Bonchev–Trinajstić information content (AvgIpc) is 3.24. The molecule has 0 fully saturated rings. The molecule has 156 valence electrons. The highest BCUT2D eigenvalue weighted by Gasteiger charge is 2.30. The largest absolute Gasteiger partial charge is 0.467 e. The van der Waals surface area contributed by atoms with Crippen LogP contribution in [0.5, 0.6) is 0 Å². The van der Waals surface area contributed by atoms with Gasteiger partial charge in [0.15, 0.2) is 6.61 Å². The van der Waals surface area contributed by atoms with Gasteiger partial charge in [-0.3, -0.25) is 29.4 Å². The molecule has 2 heterocycles. The fourth-order valence-electron chi connectivity index (χ4n) is 2.84. The van der Waals surface area contributed by atoms with Gasteiger partial charge in [0.25, 0.3) is 11.8 Å². The summed E-state index contributed by atoms with van der Waals surface area (Å²) < 4.78 is 9.82. The van der Waals surface area contributed by atoms with Gasteiger partial charge in [0.05, 0.1) is 25.6 Å². The highest BCUT2D eigenvalue weighted by molar-refractivity contribution is 6.09. The molecule has 1 aromatic heterocycles. The molecule has 0 aliphatic carbocycles. The Bertz CT molecular complexity index is 969. The number of carbonyl (C=O) groups excluding carboxylic acids is 5. The van der Waals surface area contributed by atoms with Crippen LogP contribution < -0.4 is 10.6 Å². The Morgan fingerprint density at radius 2 is 1.90 bits per heavy atom. The molecule has 30 heavy (non-hydrogen) atoms. The SMILES string of the molecule is O=C(COC(=O)CCN1C(=O)Cc2ccccc2C1=O)NC(=O)NCc1ccco1. The van der Waals surface area contributed by atoms with E-state index in [4.69, 9.17) is 9.15 Å². The van der Waals surface area contributed by atoms with Crippen LogP contribution in [0, 0.1) is 0 Å². The van der Waals surface area contributed by atoms with Crippen LogP contribution >= 0.6 is 0 Å². The zero-order valence-corrected chi connectivity index (χ0v) is 15.9. The number of rotatable bonds is 7. The maximum atomic E-state index is 12.4. The molecule has 0 spiro atoms. The minimum Gasteiger partial charge on any atom is -0.467 e. The maximum Gasteiger partial charge on any atom is 0.321 e. The zero-order valence-electron chi connectivity index (χ0n) is 15.9. The summed E-state index contributed by atoms with van der Waals surface area (Å²) in [6.45, 7) is -0.735. The summed E-state index contributed by atoms with van der Waals surface area (Å²) in [4.78, 5) is 60.7. The molecular weight excluding hydrogens is 394 g/mol. The van der Waals surface area contributed by atoms with Crippen LogP contribution in [0.1, 0.15) is 28.1 Å². The molecule has 0 bridgehead atoms. The van der Waals surface area contributed by atoms with Gasteiger partial charge >= 0.3 is 12.0 Å². The summed E-state index contributed by atoms with van der Waals surface area (Å²) in [5.41, 5.74) is 1.07. The molecule has 1 aromatic carbocycles. The predicted molar refractivity (Wildman–Crippen MR) is 101 cm³/mol. The van der Waals surface area contributed by atoms with Crippen molar-refractivity contribution in [1.29, 1.82) is 0 Å². The summed E-state index contributed by atoms with van der Waals surface area (Å²) in [6.07, 6.45) is 1.26. The minimum absolute atomic E-state index is 0.0759. The van der Waals surface area contributed by atoms with Crippen molar-refractivity contribution in [3.63, 3.8) is 0 Å². The van der Waals surface area contributed by atoms with E-state index in [0.29, 0.717) is 16.9 Å². The number of hydrogen-bond acceptors (Lipinski definition) is 7. The van der Waals surface area contributed by atoms with Crippen molar-refractivity contribution in [2.75, 3.05) is 13.2 Å². The van der Waals surface area contributed by atoms with Gasteiger partial charge in [0.2, 0.25) is 5.91 Å². The van der Waals surface area contributed by atoms with Crippen LogP contribution in [0.15, 0.2) is 47.1 Å². The molecule has 5 amide bonds. The van der Waals surface area contributed by atoms with E-state index in [-0.39, 0.29) is 25.9 Å². The van der Waals surface area contributed by atoms with E-state index in [1.165, 1.54) is 6.26 Å². The zero-order chi connectivity index (χ0) is 21.5. The van der Waals surface area contributed by atoms with E-state index in [0.717, 1.165) is 4.90 Å². The number of fused-ring (bicyclic) bond motifs is 1. The third-order valence-corrected chi connectivity index (χ3v) is 4.30. The summed E-state index contributed by atoms with van der Waals surface area (Å²) in [5, 5.41) is 4.40. The number of amides is 5. The molecule has 1 aliphatic rings. The Balaban J connectivity index is 1.38. The topological polar surface area (TPSA) is 135 Å². The lowest BCUT2D eigenvalue weighted by Crippen LogP contribution is -2.43. The molecule has 1 aliphatic heterocycles. The van der Waals surface area contributed by atoms with Gasteiger partial charge < -0.3 is 14.5 Å². The second-order valence-electron chi connectivity index (χ2n) is 6.41. The van der Waals surface area contributed by atoms with Gasteiger partial charge in [-0.1, -0.05) is 18.2 Å². The van der Waals surface area contributed by atoms with Crippen molar-refractivity contribution in [3.8, 4) is 0 Å². The monoisotopic (exact) mass is 413 g/mol. The molecule has 0 atom stereocenters. The van der Waals surface area contributed by atoms with Gasteiger partial charge in [0, 0.05) is 12.1 Å². The van der Waals surface area contributed by atoms with Crippen molar-refractivity contribution in [3.05, 3.63) is 59.5 Å². The number of imide groups is 2. The number of hydrogen-bond donors (Lipinski definition) is 2. The third-order valence-electron chi connectivity index (χ3n) is 4.30. The number of furan rings is 1. The Labute approximate surface area is 171 Å². The predicted octanol–water partition coefficient (Wildman–Crippen LogP) is 0.764. The second kappa shape index (κ2) is 9.50. The smallest absolute Gasteiger partial charge is 0.321 e. The number of esters is 1. The van der Waals surface area contributed by atoms with Gasteiger partial charge in [-0.05, 0) is 23.8 Å². The lowest BCUT2D eigenvalue weighted by molar-refractivity contribution is -0.148. The maximum absolute atomic E-state index is 12.4. The Morgan fingerprint density at radius 3 is 2.67 bits per heavy atom. The first-order chi connectivity index (χ1) is 14.4. The number of carbonyl (C=O) groups is 5. The van der Waals surface area contributed by atoms with E-state index in [1.54, 1.807) is 36.4 Å². The molecule has 10 heteroatoms. The molecule has 10 nitrogen and oxygen atoms in total. The van der Waals surface area contributed by atoms with Crippen molar-refractivity contribution >= 4 is 29.7 Å². The van der Waals surface area contributed by atoms with Crippen molar-refractivity contribution in [2.24, 2.45) is 0 Å². The van der Waals surface area contributed by atoms with Crippen molar-refractivity contribution in [2.45, 2.75) is 19.4 Å². The van der Waals surface area contributed by atoms with E-state index in [1.807, 2.05) is 5.32 Å². The van der Waals surface area contributed by atoms with E-state index in [2.05, 4.69) is 5.32 Å². The van der Waals surface area contributed by atoms with Crippen molar-refractivity contribution in [1.82, 2.24) is 15.5 Å². The quantitative estimate of drug-likeness (QED) is 0.505. The first-order valence-corrected chi connectivity index (χ1v) is 9.12. The van der Waals surface area contributed by atoms with Gasteiger partial charge in [-0.25, -0.2) is 4.79 Å². The van der Waals surface area contributed by atoms with Gasteiger partial charge in [0.1, 0.15) is 5.76 Å². The molecule has 0 unspecified atom stereocenters. The fraction of sp³-hybridized carbons (Fsp3) is 0.250. The van der Waals surface area contributed by atoms with Crippen LogP contribution in [0.2, 0.25) is 0 Å². The van der Waals surface area contributed by atoms with Crippen LogP contribution in [0.25, 0.3) is 0 Å². The highest BCUT2D eigenvalue weighted by Crippen LogP contribution is 2.19. The third kappa shape index (κ3) is 5.31. The number of nitrogens with zero attached hydrogens (tertiary/aromatic N) is 1. The number of benzene rings is 1. The Kier molecular flexibility index (Phi) is 6.58. The van der Waals surface area contributed by atoms with Crippen LogP contribution in [-0.4, -0.2) is 47.8 Å². The minimum atomic E-state index is -0.820. The Morgan fingerprint density at radius 1 is 1.10 bits per heavy atom. The molecular formula is C20H19N3O7. The average molecular weight is 413 g/mol. The van der Waals surface area contributed by atoms with Gasteiger partial charge in [-0.2, -0.15) is 0 Å². The van der Waals surface area contributed by atoms with Crippen LogP contribution in [0.3, 0.4) is 0 Å². The molecule has 3 rings (SSSR count). The summed E-state index contributed by atoms with van der Waals surface area (Å²) in [5.74, 6) is -1.97. The number of nitrogens with one attached hydrogen (secondary N) is 2. The molecule has 2 aromatic rings. The van der Waals surface area contributed by atoms with Crippen LogP contribution in [-0.2, 0) is 32.1 Å². The van der Waals surface area contributed by atoms with E-state index < -0.39 is 36.3 Å². The Hall–Kier alpha value is -3.95. The summed E-state index contributed by atoms with van der Waals surface area (Å²) in [6, 6.07) is 9.31. The molecule has 2 N–H and O–H groups in total. The van der Waals surface area contributed by atoms with Crippen molar-refractivity contribution < 1.29 is 33.1 Å². The lowest BCUT2D eigenvalue weighted by atomic mass is 9.98. The highest BCUT2D eigenvalue weighted by atomic mass is 16.5. The number of urea groups is 1. The van der Waals surface area contributed by atoms with Gasteiger partial charge in [-0.15, -0.1) is 0 Å². The first-order valence-electron chi connectivity index (χ1n) is 9.12. The molecule has 0 saturated heterocycles. The standard InChI is InChI=1S/C20H19N3O7/c24-16(22-20(28)21-11-14-5-3-9-29-14)12-30-18(26)7-8-23-17(25)10-13-4-1-2-6-15(13)19(23)27/h1-6,9H,7-8,10-12H2,(H2,21,22,24,28). The summed E-state index contributed by atoms with van der Waals surface area (Å²) >= 11 is 0. The summed E-state index contributed by atoms with van der Waals surface area (Å²) in [7, 11) is 0. The first kappa shape index (κ1) is 20.8. The lowest BCUT2D eigenvalue weighted by Gasteiger charge is -2.26. The normalized spacial score (nSPS) is 12.9. The van der Waals surface area contributed by atoms with E-state index in [9.17, 15) is 24.0 Å². The van der Waals surface area contributed by atoms with Crippen LogP contribution in [0.4, 0.5) is 4.79 Å².